The van der Waals surface area contributed by atoms with Crippen LogP contribution in [0.15, 0.2) is 42.5 Å². The minimum Gasteiger partial charge on any atom is -0.399 e. The molecule has 0 radical (unpaired) electrons. The van der Waals surface area contributed by atoms with E-state index in [9.17, 15) is 0 Å². The number of benzene rings is 2. The van der Waals surface area contributed by atoms with Crippen LogP contribution in [0.3, 0.4) is 0 Å². The number of nitrogens with two attached hydrogens (primary N) is 1. The SMILES string of the molecule is Cc1ccc(N)cc1CN1CCc2ccccc2C1. The van der Waals surface area contributed by atoms with Crippen LogP contribution in [0.4, 0.5) is 5.69 Å². The summed E-state index contributed by atoms with van der Waals surface area (Å²) >= 11 is 0. The van der Waals surface area contributed by atoms with Gasteiger partial charge < -0.3 is 5.73 Å². The summed E-state index contributed by atoms with van der Waals surface area (Å²) in [7, 11) is 0. The van der Waals surface area contributed by atoms with Gasteiger partial charge in [-0.15, -0.1) is 0 Å². The molecule has 0 aromatic heterocycles. The zero-order chi connectivity index (χ0) is 13.2. The van der Waals surface area contributed by atoms with Gasteiger partial charge >= 0.3 is 0 Å². The number of anilines is 1. The maximum Gasteiger partial charge on any atom is 0.0317 e. The summed E-state index contributed by atoms with van der Waals surface area (Å²) in [6.07, 6.45) is 1.15. The van der Waals surface area contributed by atoms with E-state index in [2.05, 4.69) is 48.2 Å². The smallest absolute Gasteiger partial charge is 0.0317 e. The minimum atomic E-state index is 0.859. The minimum absolute atomic E-state index is 0.859. The summed E-state index contributed by atoms with van der Waals surface area (Å²) in [6.45, 7) is 5.33. The fourth-order valence-corrected chi connectivity index (χ4v) is 2.79. The second kappa shape index (κ2) is 5.06. The van der Waals surface area contributed by atoms with Gasteiger partial charge in [0, 0.05) is 25.3 Å². The highest BCUT2D eigenvalue weighted by atomic mass is 15.1. The highest BCUT2D eigenvalue weighted by Gasteiger charge is 2.16. The Balaban J connectivity index is 1.77. The Labute approximate surface area is 114 Å². The maximum absolute atomic E-state index is 5.89. The normalized spacial score (nSPS) is 15.2. The molecule has 0 bridgehead atoms. The van der Waals surface area contributed by atoms with E-state index in [1.54, 1.807) is 0 Å². The molecule has 3 rings (SSSR count). The Hall–Kier alpha value is -1.80. The lowest BCUT2D eigenvalue weighted by molar-refractivity contribution is 0.245. The predicted octanol–water partition coefficient (Wildman–Crippen LogP) is 3.14. The van der Waals surface area contributed by atoms with Crippen LogP contribution < -0.4 is 5.73 Å². The van der Waals surface area contributed by atoms with E-state index in [4.69, 9.17) is 5.73 Å². The Bertz CT molecular complexity index is 590. The molecule has 0 unspecified atom stereocenters. The lowest BCUT2D eigenvalue weighted by atomic mass is 9.99. The molecule has 1 heterocycles. The summed E-state index contributed by atoms with van der Waals surface area (Å²) < 4.78 is 0. The van der Waals surface area contributed by atoms with E-state index in [1.165, 1.54) is 22.3 Å². The molecule has 0 fully saturated rings. The first-order chi connectivity index (χ1) is 9.22. The quantitative estimate of drug-likeness (QED) is 0.832. The van der Waals surface area contributed by atoms with Crippen LogP contribution in [0.5, 0.6) is 0 Å². The maximum atomic E-state index is 5.89. The predicted molar refractivity (Wildman–Crippen MR) is 79.9 cm³/mol. The highest BCUT2D eigenvalue weighted by molar-refractivity contribution is 5.44. The number of fused-ring (bicyclic) bond motifs is 1. The van der Waals surface area contributed by atoms with Gasteiger partial charge in [-0.2, -0.15) is 0 Å². The number of nitrogens with zero attached hydrogens (tertiary/aromatic N) is 1. The first-order valence-corrected chi connectivity index (χ1v) is 6.86. The molecule has 0 aliphatic carbocycles. The molecule has 0 atom stereocenters. The Morgan fingerprint density at radius 2 is 1.89 bits per heavy atom. The van der Waals surface area contributed by atoms with Gasteiger partial charge in [-0.3, -0.25) is 4.90 Å². The third-order valence-corrected chi connectivity index (χ3v) is 3.98. The van der Waals surface area contributed by atoms with E-state index in [-0.39, 0.29) is 0 Å². The van der Waals surface area contributed by atoms with E-state index < -0.39 is 0 Å². The first-order valence-electron chi connectivity index (χ1n) is 6.86. The van der Waals surface area contributed by atoms with Crippen molar-refractivity contribution in [3.05, 3.63) is 64.7 Å². The van der Waals surface area contributed by atoms with E-state index in [0.29, 0.717) is 0 Å². The van der Waals surface area contributed by atoms with Gasteiger partial charge in [-0.25, -0.2) is 0 Å². The average molecular weight is 252 g/mol. The third kappa shape index (κ3) is 2.64. The number of aryl methyl sites for hydroxylation is 1. The molecule has 2 nitrogen and oxygen atoms in total. The monoisotopic (exact) mass is 252 g/mol. The summed E-state index contributed by atoms with van der Waals surface area (Å²) in [5.41, 5.74) is 12.4. The number of rotatable bonds is 2. The summed E-state index contributed by atoms with van der Waals surface area (Å²) in [5, 5.41) is 0. The first kappa shape index (κ1) is 12.2. The standard InChI is InChI=1S/C17H20N2/c1-13-6-7-17(18)10-16(13)12-19-9-8-14-4-2-3-5-15(14)11-19/h2-7,10H,8-9,11-12,18H2,1H3. The van der Waals surface area contributed by atoms with Crippen LogP contribution in [0, 0.1) is 6.92 Å². The molecule has 2 N–H and O–H groups in total. The second-order valence-corrected chi connectivity index (χ2v) is 5.42. The fraction of sp³-hybridized carbons (Fsp3) is 0.294. The molecule has 2 heteroatoms. The van der Waals surface area contributed by atoms with Gasteiger partial charge in [0.2, 0.25) is 0 Å². The molecular weight excluding hydrogens is 232 g/mol. The van der Waals surface area contributed by atoms with Crippen LogP contribution >= 0.6 is 0 Å². The molecule has 2 aromatic carbocycles. The summed E-state index contributed by atoms with van der Waals surface area (Å²) in [4.78, 5) is 2.50. The van der Waals surface area contributed by atoms with E-state index in [1.807, 2.05) is 6.07 Å². The zero-order valence-corrected chi connectivity index (χ0v) is 11.4. The van der Waals surface area contributed by atoms with Crippen LogP contribution in [0.2, 0.25) is 0 Å². The fourth-order valence-electron chi connectivity index (χ4n) is 2.79. The molecule has 1 aliphatic heterocycles. The van der Waals surface area contributed by atoms with Gasteiger partial charge in [0.1, 0.15) is 0 Å². The number of nitrogen functional groups attached to an aromatic ring is 1. The number of hydrogen-bond acceptors (Lipinski definition) is 2. The van der Waals surface area contributed by atoms with Crippen molar-refractivity contribution >= 4 is 5.69 Å². The van der Waals surface area contributed by atoms with E-state index in [0.717, 1.165) is 31.7 Å². The molecule has 2 aromatic rings. The molecule has 1 aliphatic rings. The van der Waals surface area contributed by atoms with Gasteiger partial charge in [-0.05, 0) is 47.7 Å². The van der Waals surface area contributed by atoms with Crippen molar-refractivity contribution in [3.8, 4) is 0 Å². The lowest BCUT2D eigenvalue weighted by Crippen LogP contribution is -2.30. The van der Waals surface area contributed by atoms with Crippen molar-refractivity contribution < 1.29 is 0 Å². The van der Waals surface area contributed by atoms with Crippen molar-refractivity contribution in [1.29, 1.82) is 0 Å². The second-order valence-electron chi connectivity index (χ2n) is 5.42. The van der Waals surface area contributed by atoms with Crippen molar-refractivity contribution in [2.24, 2.45) is 0 Å². The number of hydrogen-bond donors (Lipinski definition) is 1. The Morgan fingerprint density at radius 3 is 2.74 bits per heavy atom. The van der Waals surface area contributed by atoms with Gasteiger partial charge in [-0.1, -0.05) is 30.3 Å². The summed E-state index contributed by atoms with van der Waals surface area (Å²) in [5.74, 6) is 0. The Morgan fingerprint density at radius 1 is 1.11 bits per heavy atom. The van der Waals surface area contributed by atoms with Crippen molar-refractivity contribution in [3.63, 3.8) is 0 Å². The van der Waals surface area contributed by atoms with Crippen LogP contribution in [0.25, 0.3) is 0 Å². The topological polar surface area (TPSA) is 29.3 Å². The molecule has 0 saturated heterocycles. The molecule has 19 heavy (non-hydrogen) atoms. The van der Waals surface area contributed by atoms with Crippen LogP contribution in [-0.2, 0) is 19.5 Å². The molecule has 0 saturated carbocycles. The summed E-state index contributed by atoms with van der Waals surface area (Å²) in [6, 6.07) is 15.0. The van der Waals surface area contributed by atoms with Gasteiger partial charge in [0.15, 0.2) is 0 Å². The molecule has 0 spiro atoms. The average Bonchev–Trinajstić information content (AvgIpc) is 2.43. The molecule has 98 valence electrons. The Kier molecular flexibility index (Phi) is 3.26. The van der Waals surface area contributed by atoms with Crippen molar-refractivity contribution in [1.82, 2.24) is 4.90 Å². The largest absolute Gasteiger partial charge is 0.399 e. The van der Waals surface area contributed by atoms with Gasteiger partial charge in [0.25, 0.3) is 0 Å². The molecular formula is C17H20N2. The molecule has 0 amide bonds. The lowest BCUT2D eigenvalue weighted by Gasteiger charge is -2.29. The van der Waals surface area contributed by atoms with Gasteiger partial charge in [0.05, 0.1) is 0 Å². The van der Waals surface area contributed by atoms with Crippen molar-refractivity contribution in [2.75, 3.05) is 12.3 Å². The van der Waals surface area contributed by atoms with E-state index >= 15 is 0 Å². The van der Waals surface area contributed by atoms with Crippen molar-refractivity contribution in [2.45, 2.75) is 26.4 Å². The zero-order valence-electron chi connectivity index (χ0n) is 11.4. The van der Waals surface area contributed by atoms with Crippen LogP contribution in [0.1, 0.15) is 22.3 Å². The third-order valence-electron chi connectivity index (χ3n) is 3.98. The van der Waals surface area contributed by atoms with Crippen LogP contribution in [-0.4, -0.2) is 11.4 Å². The highest BCUT2D eigenvalue weighted by Crippen LogP contribution is 2.22.